The lowest BCUT2D eigenvalue weighted by atomic mass is 10.2. The van der Waals surface area contributed by atoms with Gasteiger partial charge in [0.05, 0.1) is 23.2 Å². The van der Waals surface area contributed by atoms with Crippen LogP contribution < -0.4 is 15.5 Å². The highest BCUT2D eigenvalue weighted by Crippen LogP contribution is 2.19. The molecule has 0 heterocycles. The minimum atomic E-state index is -0.718. The molecule has 0 bridgehead atoms. The number of hydrogen-bond donors (Lipinski definition) is 2. The van der Waals surface area contributed by atoms with Gasteiger partial charge in [0.2, 0.25) is 0 Å². The Bertz CT molecular complexity index is 1240. The fourth-order valence-electron chi connectivity index (χ4n) is 2.64. The lowest BCUT2D eigenvalue weighted by molar-refractivity contribution is -0.384. The van der Waals surface area contributed by atoms with Crippen LogP contribution in [0.3, 0.4) is 0 Å². The van der Waals surface area contributed by atoms with E-state index in [1.807, 2.05) is 0 Å². The smallest absolute Gasteiger partial charge is 0.343 e. The Morgan fingerprint density at radius 3 is 2.29 bits per heavy atom. The first-order valence-electron chi connectivity index (χ1n) is 9.75. The Balaban J connectivity index is 1.55. The first-order valence-corrected chi connectivity index (χ1v) is 10.1. The zero-order valence-corrected chi connectivity index (χ0v) is 18.2. The molecule has 0 aliphatic heterocycles. The van der Waals surface area contributed by atoms with Crippen molar-refractivity contribution in [2.24, 2.45) is 5.10 Å². The van der Waals surface area contributed by atoms with Crippen LogP contribution in [0.2, 0.25) is 5.02 Å². The van der Waals surface area contributed by atoms with Crippen molar-refractivity contribution in [3.05, 3.63) is 105 Å². The fourth-order valence-corrected chi connectivity index (χ4v) is 2.76. The molecule has 11 heteroatoms. The van der Waals surface area contributed by atoms with Crippen molar-refractivity contribution in [3.63, 3.8) is 0 Å². The van der Waals surface area contributed by atoms with Crippen molar-refractivity contribution in [3.8, 4) is 5.75 Å². The molecule has 0 fully saturated rings. The van der Waals surface area contributed by atoms with Crippen LogP contribution in [0, 0.1) is 10.1 Å². The molecule has 3 rings (SSSR count). The Kier molecular flexibility index (Phi) is 8.03. The molecular formula is C23H17ClN4O6. The number of nitro groups is 1. The quantitative estimate of drug-likeness (QED) is 0.166. The van der Waals surface area contributed by atoms with Crippen molar-refractivity contribution in [2.45, 2.75) is 0 Å². The monoisotopic (exact) mass is 480 g/mol. The van der Waals surface area contributed by atoms with Crippen molar-refractivity contribution in [2.75, 3.05) is 6.54 Å². The number of non-ortho nitro benzene ring substituents is 1. The van der Waals surface area contributed by atoms with Crippen LogP contribution >= 0.6 is 11.6 Å². The SMILES string of the molecule is O=C(CNC(=O)c1ccc(Cl)cc1)N/N=C/c1ccccc1OC(=O)c1ccc([N+](=O)[O-])cc1. The second-order valence-electron chi connectivity index (χ2n) is 6.71. The lowest BCUT2D eigenvalue weighted by Crippen LogP contribution is -2.34. The van der Waals surface area contributed by atoms with Gasteiger partial charge in [-0.15, -0.1) is 0 Å². The van der Waals surface area contributed by atoms with E-state index in [1.54, 1.807) is 30.3 Å². The summed E-state index contributed by atoms with van der Waals surface area (Å²) in [7, 11) is 0. The predicted molar refractivity (Wildman–Crippen MR) is 124 cm³/mol. The van der Waals surface area contributed by atoms with Crippen molar-refractivity contribution < 1.29 is 24.0 Å². The number of hydrazone groups is 1. The molecule has 0 spiro atoms. The average Bonchev–Trinajstić information content (AvgIpc) is 2.84. The largest absolute Gasteiger partial charge is 0.422 e. The summed E-state index contributed by atoms with van der Waals surface area (Å²) in [6.07, 6.45) is 1.28. The molecule has 0 saturated heterocycles. The number of esters is 1. The van der Waals surface area contributed by atoms with Gasteiger partial charge >= 0.3 is 5.97 Å². The minimum absolute atomic E-state index is 0.127. The molecule has 172 valence electrons. The molecular weight excluding hydrogens is 464 g/mol. The normalized spacial score (nSPS) is 10.5. The molecule has 2 N–H and O–H groups in total. The van der Waals surface area contributed by atoms with Gasteiger partial charge in [-0.2, -0.15) is 5.10 Å². The number of nitrogens with zero attached hydrogens (tertiary/aromatic N) is 2. The third-order valence-electron chi connectivity index (χ3n) is 4.34. The second-order valence-corrected chi connectivity index (χ2v) is 7.15. The van der Waals surface area contributed by atoms with Gasteiger partial charge < -0.3 is 10.1 Å². The van der Waals surface area contributed by atoms with E-state index < -0.39 is 22.7 Å². The number of nitrogens with one attached hydrogen (secondary N) is 2. The topological polar surface area (TPSA) is 140 Å². The van der Waals surface area contributed by atoms with E-state index >= 15 is 0 Å². The van der Waals surface area contributed by atoms with Crippen LogP contribution in [0.15, 0.2) is 77.9 Å². The minimum Gasteiger partial charge on any atom is -0.422 e. The average molecular weight is 481 g/mol. The van der Waals surface area contributed by atoms with E-state index in [9.17, 15) is 24.5 Å². The molecule has 0 atom stereocenters. The number of amides is 2. The number of ether oxygens (including phenoxy) is 1. The number of nitro benzene ring substituents is 1. The van der Waals surface area contributed by atoms with E-state index in [-0.39, 0.29) is 23.5 Å². The zero-order valence-electron chi connectivity index (χ0n) is 17.4. The van der Waals surface area contributed by atoms with Crippen molar-refractivity contribution >= 4 is 41.3 Å². The Hall–Kier alpha value is -4.57. The van der Waals surface area contributed by atoms with Crippen molar-refractivity contribution in [1.82, 2.24) is 10.7 Å². The molecule has 0 aliphatic rings. The number of benzene rings is 3. The molecule has 34 heavy (non-hydrogen) atoms. The number of halogens is 1. The van der Waals surface area contributed by atoms with E-state index in [0.717, 1.165) is 0 Å². The standard InChI is InChI=1S/C23H17ClN4O6/c24-18-9-5-15(6-10-18)22(30)25-14-21(29)27-26-13-17-3-1-2-4-20(17)34-23(31)16-7-11-19(12-8-16)28(32)33/h1-13H,14H2,(H,25,30)(H,27,29)/b26-13+. The maximum Gasteiger partial charge on any atom is 0.343 e. The first kappa shape index (κ1) is 24.1. The van der Waals surface area contributed by atoms with Crippen LogP contribution in [-0.2, 0) is 4.79 Å². The zero-order chi connectivity index (χ0) is 24.5. The Morgan fingerprint density at radius 1 is 0.971 bits per heavy atom. The molecule has 0 saturated carbocycles. The Morgan fingerprint density at radius 2 is 1.62 bits per heavy atom. The highest BCUT2D eigenvalue weighted by atomic mass is 35.5. The summed E-state index contributed by atoms with van der Waals surface area (Å²) in [4.78, 5) is 46.5. The maximum absolute atomic E-state index is 12.4. The number of rotatable bonds is 8. The summed E-state index contributed by atoms with van der Waals surface area (Å²) < 4.78 is 5.35. The number of carbonyl (C=O) groups is 3. The van der Waals surface area contributed by atoms with Gasteiger partial charge in [0, 0.05) is 28.3 Å². The highest BCUT2D eigenvalue weighted by molar-refractivity contribution is 6.30. The van der Waals surface area contributed by atoms with Gasteiger partial charge in [0.1, 0.15) is 5.75 Å². The lowest BCUT2D eigenvalue weighted by Gasteiger charge is -2.07. The highest BCUT2D eigenvalue weighted by Gasteiger charge is 2.13. The summed E-state index contributed by atoms with van der Waals surface area (Å²) in [5, 5.41) is 17.5. The second kappa shape index (κ2) is 11.3. The third kappa shape index (κ3) is 6.71. The summed E-state index contributed by atoms with van der Waals surface area (Å²) in [6.45, 7) is -0.310. The van der Waals surface area contributed by atoms with Crippen LogP contribution in [0.1, 0.15) is 26.3 Å². The van der Waals surface area contributed by atoms with Crippen LogP contribution in [-0.4, -0.2) is 35.5 Å². The van der Waals surface area contributed by atoms with E-state index in [1.165, 1.54) is 48.7 Å². The molecule has 0 unspecified atom stereocenters. The molecule has 2 amide bonds. The van der Waals surface area contributed by atoms with E-state index in [4.69, 9.17) is 16.3 Å². The number of hydrogen-bond acceptors (Lipinski definition) is 7. The van der Waals surface area contributed by atoms with Gasteiger partial charge in [0.15, 0.2) is 0 Å². The van der Waals surface area contributed by atoms with Crippen LogP contribution in [0.4, 0.5) is 5.69 Å². The number of para-hydroxylation sites is 1. The first-order chi connectivity index (χ1) is 16.3. The summed E-state index contributed by atoms with van der Waals surface area (Å²) >= 11 is 5.78. The maximum atomic E-state index is 12.4. The molecule has 0 aromatic heterocycles. The summed E-state index contributed by atoms with van der Waals surface area (Å²) in [5.41, 5.74) is 2.99. The fraction of sp³-hybridized carbons (Fsp3) is 0.0435. The Labute approximate surface area is 198 Å². The van der Waals surface area contributed by atoms with Crippen LogP contribution in [0.25, 0.3) is 0 Å². The molecule has 0 aliphatic carbocycles. The van der Waals surface area contributed by atoms with Gasteiger partial charge in [-0.3, -0.25) is 19.7 Å². The molecule has 3 aromatic carbocycles. The number of carbonyl (C=O) groups excluding carboxylic acids is 3. The third-order valence-corrected chi connectivity index (χ3v) is 4.60. The van der Waals surface area contributed by atoms with Crippen LogP contribution in [0.5, 0.6) is 5.75 Å². The van der Waals surface area contributed by atoms with Gasteiger partial charge in [-0.1, -0.05) is 23.7 Å². The molecule has 3 aromatic rings. The van der Waals surface area contributed by atoms with Gasteiger partial charge in [0.25, 0.3) is 17.5 Å². The van der Waals surface area contributed by atoms with Gasteiger partial charge in [-0.25, -0.2) is 10.2 Å². The van der Waals surface area contributed by atoms with E-state index in [2.05, 4.69) is 15.8 Å². The summed E-state index contributed by atoms with van der Waals surface area (Å²) in [5.74, 6) is -1.57. The van der Waals surface area contributed by atoms with Gasteiger partial charge in [-0.05, 0) is 48.5 Å². The summed E-state index contributed by atoms with van der Waals surface area (Å²) in [6, 6.07) is 17.6. The van der Waals surface area contributed by atoms with Crippen molar-refractivity contribution in [1.29, 1.82) is 0 Å². The molecule has 10 nitrogen and oxygen atoms in total. The van der Waals surface area contributed by atoms with E-state index in [0.29, 0.717) is 16.1 Å². The predicted octanol–water partition coefficient (Wildman–Crippen LogP) is 3.35. The molecule has 0 radical (unpaired) electrons.